The lowest BCUT2D eigenvalue weighted by molar-refractivity contribution is -0.160. The van der Waals surface area contributed by atoms with Gasteiger partial charge in [0.05, 0.1) is 19.2 Å². The predicted octanol–water partition coefficient (Wildman–Crippen LogP) is 10.8. The minimum Gasteiger partial charge on any atom is -0.450 e. The smallest absolute Gasteiger partial charge is 0.205 e. The molecule has 2 aromatic rings. The summed E-state index contributed by atoms with van der Waals surface area (Å²) in [6, 6.07) is 4.37. The van der Waals surface area contributed by atoms with Crippen LogP contribution in [0.1, 0.15) is 131 Å². The Balaban J connectivity index is 1.64. The van der Waals surface area contributed by atoms with Crippen LogP contribution in [-0.4, -0.2) is 7.11 Å². The fourth-order valence-corrected chi connectivity index (χ4v) is 7.31. The number of hydrogen-bond donors (Lipinski definition) is 0. The van der Waals surface area contributed by atoms with E-state index in [0.717, 1.165) is 95.3 Å². The second-order valence-corrected chi connectivity index (χ2v) is 12.1. The molecular weight excluding hydrogens is 528 g/mol. The van der Waals surface area contributed by atoms with Gasteiger partial charge in [-0.15, -0.1) is 0 Å². The molecule has 3 aliphatic rings. The second-order valence-electron chi connectivity index (χ2n) is 11.4. The maximum absolute atomic E-state index is 15.3. The largest absolute Gasteiger partial charge is 0.450 e. The normalized spacial score (nSPS) is 19.9. The zero-order valence-electron chi connectivity index (χ0n) is 22.6. The quantitative estimate of drug-likeness (QED) is 0.104. The Bertz CT molecular complexity index is 1070. The van der Waals surface area contributed by atoms with Crippen LogP contribution in [0.3, 0.4) is 0 Å². The van der Waals surface area contributed by atoms with Gasteiger partial charge in [-0.2, -0.15) is 13.1 Å². The lowest BCUT2D eigenvalue weighted by Gasteiger charge is -2.32. The van der Waals surface area contributed by atoms with E-state index < -0.39 is 33.9 Å². The average Bonchev–Trinajstić information content (AvgIpc) is 2.99. The zero-order chi connectivity index (χ0) is 27.4. The molecule has 0 radical (unpaired) electrons. The van der Waals surface area contributed by atoms with Gasteiger partial charge in [0.2, 0.25) is 17.4 Å². The molecule has 2 aromatic carbocycles. The van der Waals surface area contributed by atoms with Crippen molar-refractivity contribution in [3.63, 3.8) is 0 Å². The minimum absolute atomic E-state index is 0.0787. The van der Waals surface area contributed by atoms with Crippen LogP contribution >= 0.6 is 12.0 Å². The summed E-state index contributed by atoms with van der Waals surface area (Å²) < 4.78 is 71.0. The van der Waals surface area contributed by atoms with E-state index >= 15 is 8.78 Å². The Morgan fingerprint density at radius 2 is 1.03 bits per heavy atom. The van der Waals surface area contributed by atoms with E-state index in [2.05, 4.69) is 21.4 Å². The van der Waals surface area contributed by atoms with Crippen LogP contribution in [0.25, 0.3) is 0 Å². The van der Waals surface area contributed by atoms with Crippen LogP contribution in [0.4, 0.5) is 17.6 Å². The topological polar surface area (TPSA) is 27.7 Å². The Kier molecular flexibility index (Phi) is 9.78. The highest BCUT2D eigenvalue weighted by molar-refractivity contribution is 7.94. The number of hydrogen-bond acceptors (Lipinski definition) is 4. The first kappa shape index (κ1) is 28.7. The van der Waals surface area contributed by atoms with Crippen LogP contribution in [0.5, 0.6) is 11.5 Å². The molecule has 3 aliphatic carbocycles. The van der Waals surface area contributed by atoms with Gasteiger partial charge in [0.25, 0.3) is 0 Å². The van der Waals surface area contributed by atoms with Gasteiger partial charge in [0.15, 0.2) is 11.6 Å². The number of halogens is 4. The highest BCUT2D eigenvalue weighted by Gasteiger charge is 2.33. The third-order valence-electron chi connectivity index (χ3n) is 8.91. The van der Waals surface area contributed by atoms with Gasteiger partial charge in [-0.3, -0.25) is 0 Å². The van der Waals surface area contributed by atoms with Crippen molar-refractivity contribution in [2.75, 3.05) is 7.11 Å². The molecule has 0 bridgehead atoms. The molecule has 3 saturated carbocycles. The van der Waals surface area contributed by atoms with Gasteiger partial charge >= 0.3 is 0 Å². The first-order valence-corrected chi connectivity index (χ1v) is 15.3. The zero-order valence-corrected chi connectivity index (χ0v) is 23.5. The van der Waals surface area contributed by atoms with E-state index in [1.165, 1.54) is 24.8 Å². The molecule has 214 valence electrons. The first-order chi connectivity index (χ1) is 19.0. The first-order valence-electron chi connectivity index (χ1n) is 14.6. The summed E-state index contributed by atoms with van der Waals surface area (Å²) in [5.41, 5.74) is 3.17. The van der Waals surface area contributed by atoms with E-state index in [1.54, 1.807) is 0 Å². The van der Waals surface area contributed by atoms with Crippen molar-refractivity contribution in [3.8, 4) is 11.5 Å². The lowest BCUT2D eigenvalue weighted by atomic mass is 9.75. The maximum Gasteiger partial charge on any atom is 0.205 e. The highest BCUT2D eigenvalue weighted by atomic mass is 32.2. The molecule has 8 heteroatoms. The van der Waals surface area contributed by atoms with E-state index in [9.17, 15) is 8.78 Å². The average molecular weight is 567 g/mol. The molecular formula is C31H38F4O3S. The van der Waals surface area contributed by atoms with Crippen LogP contribution in [0.2, 0.25) is 0 Å². The third-order valence-corrected chi connectivity index (χ3v) is 9.64. The summed E-state index contributed by atoms with van der Waals surface area (Å²) in [7, 11) is 1.13. The molecule has 39 heavy (non-hydrogen) atoms. The SMILES string of the molecule is COOSc1c(F)c(F)c(Oc2c(C3CCCCC3)cc(C3CCCCC3)cc2C2CCCCC2)c(F)c1F. The van der Waals surface area contributed by atoms with Crippen LogP contribution in [0, 0.1) is 23.3 Å². The van der Waals surface area contributed by atoms with Crippen LogP contribution in [0.15, 0.2) is 17.0 Å². The van der Waals surface area contributed by atoms with E-state index in [4.69, 9.17) is 4.74 Å². The Morgan fingerprint density at radius 1 is 0.590 bits per heavy atom. The summed E-state index contributed by atoms with van der Waals surface area (Å²) in [6.07, 6.45) is 16.4. The van der Waals surface area contributed by atoms with Gasteiger partial charge in [-0.25, -0.2) is 13.7 Å². The molecule has 5 rings (SSSR count). The van der Waals surface area contributed by atoms with E-state index in [0.29, 0.717) is 11.7 Å². The molecule has 0 aromatic heterocycles. The number of ether oxygens (including phenoxy) is 1. The monoisotopic (exact) mass is 566 g/mol. The molecule has 0 unspecified atom stereocenters. The van der Waals surface area contributed by atoms with Gasteiger partial charge < -0.3 is 4.74 Å². The number of rotatable bonds is 8. The van der Waals surface area contributed by atoms with Crippen molar-refractivity contribution in [1.29, 1.82) is 0 Å². The molecule has 0 N–H and O–H groups in total. The standard InChI is InChI=1S/C31H38F4O3S/c1-36-38-39-31-27(34)25(32)30(26(33)28(31)35)37-29-23(20-13-7-3-8-14-20)17-22(19-11-5-2-6-12-19)18-24(29)21-15-9-4-10-16-21/h17-21H,2-16H2,1H3. The van der Waals surface area contributed by atoms with Gasteiger partial charge in [0.1, 0.15) is 10.6 Å². The third kappa shape index (κ3) is 6.28. The van der Waals surface area contributed by atoms with Crippen molar-refractivity contribution in [3.05, 3.63) is 52.1 Å². The second kappa shape index (κ2) is 13.3. The van der Waals surface area contributed by atoms with Crippen molar-refractivity contribution < 1.29 is 31.5 Å². The Morgan fingerprint density at radius 3 is 1.46 bits per heavy atom. The number of benzene rings is 2. The molecule has 3 fully saturated rings. The minimum atomic E-state index is -1.57. The summed E-state index contributed by atoms with van der Waals surface area (Å²) in [5.74, 6) is -6.08. The van der Waals surface area contributed by atoms with Crippen molar-refractivity contribution in [2.24, 2.45) is 0 Å². The van der Waals surface area contributed by atoms with E-state index in [1.807, 2.05) is 0 Å². The summed E-state index contributed by atoms with van der Waals surface area (Å²) >= 11 is 0.0787. The molecule has 0 amide bonds. The maximum atomic E-state index is 15.3. The predicted molar refractivity (Wildman–Crippen MR) is 144 cm³/mol. The van der Waals surface area contributed by atoms with Crippen molar-refractivity contribution in [1.82, 2.24) is 0 Å². The Labute approximate surface area is 233 Å². The molecule has 0 saturated heterocycles. The molecule has 0 spiro atoms. The summed E-state index contributed by atoms with van der Waals surface area (Å²) in [6.45, 7) is 0. The fraction of sp³-hybridized carbons (Fsp3) is 0.613. The Hall–Kier alpha value is -1.77. The van der Waals surface area contributed by atoms with Gasteiger partial charge in [-0.1, -0.05) is 69.9 Å². The van der Waals surface area contributed by atoms with Gasteiger partial charge in [-0.05, 0) is 73.0 Å². The van der Waals surface area contributed by atoms with Gasteiger partial charge in [0, 0.05) is 0 Å². The molecule has 0 heterocycles. The molecule has 0 aliphatic heterocycles. The molecule has 3 nitrogen and oxygen atoms in total. The summed E-state index contributed by atoms with van der Waals surface area (Å²) in [4.78, 5) is 3.39. The molecule has 0 atom stereocenters. The van der Waals surface area contributed by atoms with Crippen molar-refractivity contribution >= 4 is 12.0 Å². The fourth-order valence-electron chi connectivity index (χ4n) is 6.85. The van der Waals surface area contributed by atoms with Crippen LogP contribution in [-0.2, 0) is 9.22 Å². The summed E-state index contributed by atoms with van der Waals surface area (Å²) in [5, 5.41) is 0. The van der Waals surface area contributed by atoms with Crippen LogP contribution < -0.4 is 4.74 Å². The van der Waals surface area contributed by atoms with Crippen molar-refractivity contribution in [2.45, 2.75) is 119 Å². The lowest BCUT2D eigenvalue weighted by Crippen LogP contribution is -2.15. The highest BCUT2D eigenvalue weighted by Crippen LogP contribution is 2.49. The van der Waals surface area contributed by atoms with E-state index in [-0.39, 0.29) is 23.9 Å².